The molecule has 4 rings (SSSR count). The van der Waals surface area contributed by atoms with Gasteiger partial charge in [-0.05, 0) is 67.8 Å². The summed E-state index contributed by atoms with van der Waals surface area (Å²) in [5.41, 5.74) is 2.22. The van der Waals surface area contributed by atoms with Crippen LogP contribution in [0.3, 0.4) is 0 Å². The van der Waals surface area contributed by atoms with Crippen molar-refractivity contribution < 1.29 is 0 Å². The highest BCUT2D eigenvalue weighted by atomic mass is 79.9. The Kier molecular flexibility index (Phi) is 8.35. The van der Waals surface area contributed by atoms with Crippen molar-refractivity contribution in [1.82, 2.24) is 15.3 Å². The molecule has 0 unspecified atom stereocenters. The first-order valence-corrected chi connectivity index (χ1v) is 12.7. The molecule has 1 aromatic heterocycles. The molecule has 0 radical (unpaired) electrons. The van der Waals surface area contributed by atoms with E-state index < -0.39 is 0 Å². The molecule has 6 heteroatoms. The molecule has 1 heterocycles. The Labute approximate surface area is 205 Å². The molecule has 0 spiro atoms. The first-order valence-electron chi connectivity index (χ1n) is 11.9. The lowest BCUT2D eigenvalue weighted by atomic mass is 9.82. The molecule has 1 aliphatic carbocycles. The summed E-state index contributed by atoms with van der Waals surface area (Å²) in [6, 6.07) is 18.6. The van der Waals surface area contributed by atoms with E-state index in [0.29, 0.717) is 5.92 Å². The lowest BCUT2D eigenvalue weighted by Gasteiger charge is -2.29. The van der Waals surface area contributed by atoms with Gasteiger partial charge in [-0.15, -0.1) is 0 Å². The van der Waals surface area contributed by atoms with Crippen molar-refractivity contribution in [3.8, 4) is 0 Å². The van der Waals surface area contributed by atoms with E-state index in [2.05, 4.69) is 73.9 Å². The zero-order valence-electron chi connectivity index (χ0n) is 19.6. The van der Waals surface area contributed by atoms with E-state index in [1.807, 2.05) is 32.3 Å². The number of anilines is 2. The Morgan fingerprint density at radius 1 is 0.939 bits per heavy atom. The summed E-state index contributed by atoms with van der Waals surface area (Å²) in [7, 11) is 4.06. The zero-order chi connectivity index (χ0) is 23.0. The van der Waals surface area contributed by atoms with Crippen LogP contribution in [0.25, 0.3) is 17.0 Å². The fraction of sp³-hybridized carbons (Fsp3) is 0.407. The normalized spacial score (nSPS) is 18.9. The average molecular weight is 509 g/mol. The lowest BCUT2D eigenvalue weighted by Crippen LogP contribution is -2.29. The fourth-order valence-corrected chi connectivity index (χ4v) is 4.99. The Balaban J connectivity index is 1.21. The predicted octanol–water partition coefficient (Wildman–Crippen LogP) is 5.94. The monoisotopic (exact) mass is 507 g/mol. The van der Waals surface area contributed by atoms with Crippen molar-refractivity contribution in [2.24, 2.45) is 11.8 Å². The molecule has 2 N–H and O–H groups in total. The van der Waals surface area contributed by atoms with Crippen LogP contribution in [0.2, 0.25) is 0 Å². The van der Waals surface area contributed by atoms with Gasteiger partial charge in [-0.3, -0.25) is 0 Å². The van der Waals surface area contributed by atoms with E-state index in [0.717, 1.165) is 48.2 Å². The van der Waals surface area contributed by atoms with Crippen LogP contribution in [0.15, 0.2) is 59.1 Å². The van der Waals surface area contributed by atoms with Gasteiger partial charge in [-0.1, -0.05) is 58.4 Å². The van der Waals surface area contributed by atoms with Gasteiger partial charge in [-0.25, -0.2) is 4.98 Å². The zero-order valence-corrected chi connectivity index (χ0v) is 21.2. The van der Waals surface area contributed by atoms with E-state index >= 15 is 0 Å². The number of aromatic nitrogens is 2. The summed E-state index contributed by atoms with van der Waals surface area (Å²) in [5.74, 6) is 3.14. The van der Waals surface area contributed by atoms with Gasteiger partial charge in [0.15, 0.2) is 0 Å². The van der Waals surface area contributed by atoms with Crippen molar-refractivity contribution in [3.05, 3.63) is 64.6 Å². The molecular formula is C27H34BrN5. The number of benzene rings is 2. The summed E-state index contributed by atoms with van der Waals surface area (Å²) in [5, 5.41) is 8.24. The minimum absolute atomic E-state index is 0.684. The molecule has 1 saturated carbocycles. The molecular weight excluding hydrogens is 474 g/mol. The number of fused-ring (bicyclic) bond motifs is 1. The Morgan fingerprint density at radius 2 is 1.61 bits per heavy atom. The molecule has 0 aliphatic heterocycles. The van der Waals surface area contributed by atoms with Crippen LogP contribution in [0.5, 0.6) is 0 Å². The summed E-state index contributed by atoms with van der Waals surface area (Å²) >= 11 is 3.70. The molecule has 0 amide bonds. The third kappa shape index (κ3) is 6.78. The Hall–Kier alpha value is -2.44. The van der Waals surface area contributed by atoms with Crippen molar-refractivity contribution in [2.45, 2.75) is 25.7 Å². The molecule has 1 aliphatic rings. The molecule has 1 fully saturated rings. The minimum Gasteiger partial charge on any atom is -0.362 e. The topological polar surface area (TPSA) is 53.1 Å². The van der Waals surface area contributed by atoms with Crippen LogP contribution in [-0.2, 0) is 0 Å². The predicted molar refractivity (Wildman–Crippen MR) is 144 cm³/mol. The van der Waals surface area contributed by atoms with Crippen LogP contribution < -0.4 is 15.5 Å². The Bertz CT molecular complexity index is 1060. The highest BCUT2D eigenvalue weighted by Crippen LogP contribution is 2.29. The van der Waals surface area contributed by atoms with E-state index in [1.165, 1.54) is 35.7 Å². The van der Waals surface area contributed by atoms with Gasteiger partial charge < -0.3 is 15.5 Å². The van der Waals surface area contributed by atoms with E-state index in [9.17, 15) is 0 Å². The van der Waals surface area contributed by atoms with E-state index in [4.69, 9.17) is 9.97 Å². The van der Waals surface area contributed by atoms with Crippen molar-refractivity contribution >= 4 is 44.7 Å². The highest BCUT2D eigenvalue weighted by molar-refractivity contribution is 9.11. The standard InChI is InChI=1S/C27H34BrN5/c1-33(2)26-24-10-6-7-11-25(24)31-27(32-26)30-18-22-14-12-21(13-15-22)17-29-19-23(28)16-20-8-4-3-5-9-20/h3-11,16,21-22,29H,12-15,17-19H2,1-2H3,(H,30,31,32)/b23-16-. The second-order valence-electron chi connectivity index (χ2n) is 9.18. The molecule has 0 saturated heterocycles. The molecule has 33 heavy (non-hydrogen) atoms. The quantitative estimate of drug-likeness (QED) is 0.375. The van der Waals surface area contributed by atoms with Gasteiger partial charge in [0.05, 0.1) is 5.52 Å². The molecule has 5 nitrogen and oxygen atoms in total. The van der Waals surface area contributed by atoms with Crippen LogP contribution in [0.4, 0.5) is 11.8 Å². The van der Waals surface area contributed by atoms with Gasteiger partial charge >= 0.3 is 0 Å². The average Bonchev–Trinajstić information content (AvgIpc) is 2.83. The van der Waals surface area contributed by atoms with Crippen molar-refractivity contribution in [1.29, 1.82) is 0 Å². The number of nitrogens with zero attached hydrogens (tertiary/aromatic N) is 3. The van der Waals surface area contributed by atoms with Crippen molar-refractivity contribution in [3.63, 3.8) is 0 Å². The summed E-state index contributed by atoms with van der Waals surface area (Å²) in [6.45, 7) is 2.90. The van der Waals surface area contributed by atoms with Crippen molar-refractivity contribution in [2.75, 3.05) is 43.9 Å². The summed E-state index contributed by atoms with van der Waals surface area (Å²) in [4.78, 5) is 11.6. The number of rotatable bonds is 9. The maximum Gasteiger partial charge on any atom is 0.225 e. The van der Waals surface area contributed by atoms with Crippen LogP contribution in [0, 0.1) is 11.8 Å². The lowest BCUT2D eigenvalue weighted by molar-refractivity contribution is 0.278. The second-order valence-corrected chi connectivity index (χ2v) is 10.2. The molecule has 3 aromatic rings. The van der Waals surface area contributed by atoms with E-state index in [1.54, 1.807) is 0 Å². The molecule has 2 aromatic carbocycles. The summed E-state index contributed by atoms with van der Waals surface area (Å²) in [6.07, 6.45) is 7.26. The molecule has 0 atom stereocenters. The van der Waals surface area contributed by atoms with E-state index in [-0.39, 0.29) is 0 Å². The highest BCUT2D eigenvalue weighted by Gasteiger charge is 2.21. The fourth-order valence-electron chi connectivity index (χ4n) is 4.53. The maximum absolute atomic E-state index is 4.77. The van der Waals surface area contributed by atoms with Gasteiger partial charge in [0.2, 0.25) is 5.95 Å². The minimum atomic E-state index is 0.684. The van der Waals surface area contributed by atoms with Crippen LogP contribution in [0.1, 0.15) is 31.2 Å². The maximum atomic E-state index is 4.77. The first kappa shape index (κ1) is 23.7. The second kappa shape index (κ2) is 11.6. The third-order valence-electron chi connectivity index (χ3n) is 6.37. The number of hydrogen-bond acceptors (Lipinski definition) is 5. The largest absolute Gasteiger partial charge is 0.362 e. The third-order valence-corrected chi connectivity index (χ3v) is 6.88. The number of hydrogen-bond donors (Lipinski definition) is 2. The number of halogens is 1. The number of nitrogens with one attached hydrogen (secondary N) is 2. The van der Waals surface area contributed by atoms with Gasteiger partial charge in [0, 0.05) is 37.1 Å². The van der Waals surface area contributed by atoms with Crippen LogP contribution >= 0.6 is 15.9 Å². The first-order chi connectivity index (χ1) is 16.1. The summed E-state index contributed by atoms with van der Waals surface area (Å²) < 4.78 is 1.19. The molecule has 174 valence electrons. The van der Waals surface area contributed by atoms with Gasteiger partial charge in [-0.2, -0.15) is 4.98 Å². The van der Waals surface area contributed by atoms with Gasteiger partial charge in [0.1, 0.15) is 5.82 Å². The Morgan fingerprint density at radius 3 is 2.33 bits per heavy atom. The van der Waals surface area contributed by atoms with Crippen LogP contribution in [-0.4, -0.2) is 43.7 Å². The number of para-hydroxylation sites is 1. The SMILES string of the molecule is CN(C)c1nc(NCC2CCC(CNC/C(Br)=C/c3ccccc3)CC2)nc2ccccc12. The smallest absolute Gasteiger partial charge is 0.225 e. The van der Waals surface area contributed by atoms with Gasteiger partial charge in [0.25, 0.3) is 0 Å². The molecule has 0 bridgehead atoms.